The minimum atomic E-state index is -0.250. The molecule has 0 aromatic carbocycles. The average Bonchev–Trinajstić information content (AvgIpc) is 2.91. The predicted octanol–water partition coefficient (Wildman–Crippen LogP) is 1.75. The second-order valence-corrected chi connectivity index (χ2v) is 5.29. The number of carboxylic acid groups (broad SMARTS) is 1. The smallest absolute Gasteiger partial charge is 0.290 e. The van der Waals surface area contributed by atoms with Crippen molar-refractivity contribution in [3.63, 3.8) is 0 Å². The van der Waals surface area contributed by atoms with Crippen molar-refractivity contribution in [1.29, 1.82) is 0 Å². The quantitative estimate of drug-likeness (QED) is 0.651. The molecule has 4 atom stereocenters. The molecule has 4 unspecified atom stereocenters. The maximum atomic E-state index is 9.11. The molecule has 0 aliphatic heterocycles. The van der Waals surface area contributed by atoms with Crippen molar-refractivity contribution in [2.75, 3.05) is 6.61 Å². The molecule has 2 bridgehead atoms. The Morgan fingerprint density at radius 3 is 1.93 bits per heavy atom. The summed E-state index contributed by atoms with van der Waals surface area (Å²) < 4.78 is 0. The Labute approximate surface area is 90.5 Å². The molecule has 3 heteroatoms. The number of hydrogen-bond donors (Lipinski definition) is 2. The van der Waals surface area contributed by atoms with Crippen LogP contribution in [0, 0.1) is 29.6 Å². The number of aliphatic hydroxyl groups excluding tert-OH is 1. The summed E-state index contributed by atoms with van der Waals surface area (Å²) in [7, 11) is 0. The van der Waals surface area contributed by atoms with E-state index in [4.69, 9.17) is 15.0 Å². The fourth-order valence-corrected chi connectivity index (χ4v) is 4.28. The van der Waals surface area contributed by atoms with Gasteiger partial charge in [0.1, 0.15) is 0 Å². The van der Waals surface area contributed by atoms with Gasteiger partial charge in [-0.05, 0) is 61.7 Å². The summed E-state index contributed by atoms with van der Waals surface area (Å²) in [4.78, 5) is 8.36. The molecule has 86 valence electrons. The van der Waals surface area contributed by atoms with Crippen molar-refractivity contribution in [3.05, 3.63) is 0 Å². The van der Waals surface area contributed by atoms with Crippen molar-refractivity contribution in [2.24, 2.45) is 29.6 Å². The summed E-state index contributed by atoms with van der Waals surface area (Å²) in [5.41, 5.74) is 0. The molecule has 0 amide bonds. The van der Waals surface area contributed by atoms with E-state index < -0.39 is 0 Å². The van der Waals surface area contributed by atoms with Gasteiger partial charge < -0.3 is 10.2 Å². The third-order valence-electron chi connectivity index (χ3n) is 4.74. The first-order valence-electron chi connectivity index (χ1n) is 5.98. The summed E-state index contributed by atoms with van der Waals surface area (Å²) >= 11 is 0. The minimum Gasteiger partial charge on any atom is -0.483 e. The zero-order valence-electron chi connectivity index (χ0n) is 9.01. The van der Waals surface area contributed by atoms with Crippen LogP contribution in [0.4, 0.5) is 0 Å². The summed E-state index contributed by atoms with van der Waals surface area (Å²) in [5.74, 6) is 4.86. The van der Waals surface area contributed by atoms with E-state index in [0.29, 0.717) is 12.5 Å². The van der Waals surface area contributed by atoms with Crippen molar-refractivity contribution in [2.45, 2.75) is 32.1 Å². The molecule has 3 aliphatic rings. The standard InChI is InChI=1S/C11H18O.CH2O2/c12-6-7-3-10-8-1-2-9(5-8)11(10)4-7;2-1-3/h7-12H,1-6H2;1H,(H,2,3). The van der Waals surface area contributed by atoms with Gasteiger partial charge >= 0.3 is 0 Å². The lowest BCUT2D eigenvalue weighted by atomic mass is 9.82. The molecule has 0 aromatic heterocycles. The molecule has 3 fully saturated rings. The number of aliphatic hydroxyl groups is 1. The van der Waals surface area contributed by atoms with E-state index in [1.807, 2.05) is 0 Å². The van der Waals surface area contributed by atoms with Crippen LogP contribution in [0.25, 0.3) is 0 Å². The molecule has 3 aliphatic carbocycles. The van der Waals surface area contributed by atoms with Crippen LogP contribution in [0.1, 0.15) is 32.1 Å². The molecule has 0 aromatic rings. The van der Waals surface area contributed by atoms with Crippen molar-refractivity contribution in [1.82, 2.24) is 0 Å². The molecule has 0 radical (unpaired) electrons. The highest BCUT2D eigenvalue weighted by Crippen LogP contribution is 2.59. The van der Waals surface area contributed by atoms with Gasteiger partial charge in [0.15, 0.2) is 0 Å². The van der Waals surface area contributed by atoms with E-state index in [9.17, 15) is 0 Å². The molecule has 0 heterocycles. The largest absolute Gasteiger partial charge is 0.483 e. The van der Waals surface area contributed by atoms with E-state index in [-0.39, 0.29) is 6.47 Å². The Kier molecular flexibility index (Phi) is 3.29. The second kappa shape index (κ2) is 4.52. The zero-order chi connectivity index (χ0) is 10.8. The molecule has 2 N–H and O–H groups in total. The Bertz CT molecular complexity index is 211. The highest BCUT2D eigenvalue weighted by molar-refractivity contribution is 5.32. The monoisotopic (exact) mass is 212 g/mol. The molecule has 0 spiro atoms. The van der Waals surface area contributed by atoms with Gasteiger partial charge in [-0.3, -0.25) is 4.79 Å². The molecule has 3 nitrogen and oxygen atoms in total. The zero-order valence-corrected chi connectivity index (χ0v) is 9.01. The van der Waals surface area contributed by atoms with Crippen LogP contribution in [-0.4, -0.2) is 23.3 Å². The summed E-state index contributed by atoms with van der Waals surface area (Å²) in [6.07, 6.45) is 7.24. The SMILES string of the molecule is O=CO.OCC1CC2C3CCC(C3)C2C1. The number of fused-ring (bicyclic) bond motifs is 5. The van der Waals surface area contributed by atoms with E-state index >= 15 is 0 Å². The van der Waals surface area contributed by atoms with E-state index in [1.165, 1.54) is 32.1 Å². The third kappa shape index (κ3) is 1.89. The van der Waals surface area contributed by atoms with E-state index in [1.54, 1.807) is 0 Å². The number of rotatable bonds is 1. The molecule has 3 rings (SSSR count). The van der Waals surface area contributed by atoms with Crippen molar-refractivity contribution >= 4 is 6.47 Å². The highest BCUT2D eigenvalue weighted by atomic mass is 16.3. The van der Waals surface area contributed by atoms with Gasteiger partial charge in [0.2, 0.25) is 0 Å². The maximum Gasteiger partial charge on any atom is 0.290 e. The predicted molar refractivity (Wildman–Crippen MR) is 56.3 cm³/mol. The normalized spacial score (nSPS) is 45.8. The van der Waals surface area contributed by atoms with Crippen molar-refractivity contribution < 1.29 is 15.0 Å². The first-order valence-corrected chi connectivity index (χ1v) is 5.98. The second-order valence-electron chi connectivity index (χ2n) is 5.29. The lowest BCUT2D eigenvalue weighted by Gasteiger charge is -2.23. The van der Waals surface area contributed by atoms with Gasteiger partial charge in [0.05, 0.1) is 0 Å². The Hall–Kier alpha value is -0.570. The van der Waals surface area contributed by atoms with Crippen LogP contribution in [0.3, 0.4) is 0 Å². The average molecular weight is 212 g/mol. The minimum absolute atomic E-state index is 0.250. The number of carbonyl (C=O) groups is 1. The maximum absolute atomic E-state index is 9.11. The summed E-state index contributed by atoms with van der Waals surface area (Å²) in [5, 5.41) is 16.0. The fourth-order valence-electron chi connectivity index (χ4n) is 4.28. The molecule has 3 saturated carbocycles. The molecular formula is C12H20O3. The topological polar surface area (TPSA) is 57.5 Å². The summed E-state index contributed by atoms with van der Waals surface area (Å²) in [6.45, 7) is 0.201. The van der Waals surface area contributed by atoms with Gasteiger partial charge in [-0.1, -0.05) is 0 Å². The first-order chi connectivity index (χ1) is 7.30. The Morgan fingerprint density at radius 2 is 1.53 bits per heavy atom. The van der Waals surface area contributed by atoms with E-state index in [2.05, 4.69) is 0 Å². The molecule has 0 saturated heterocycles. The molecule has 15 heavy (non-hydrogen) atoms. The fraction of sp³-hybridized carbons (Fsp3) is 0.917. The summed E-state index contributed by atoms with van der Waals surface area (Å²) in [6, 6.07) is 0. The van der Waals surface area contributed by atoms with Gasteiger partial charge in [0, 0.05) is 6.61 Å². The van der Waals surface area contributed by atoms with Gasteiger partial charge in [-0.15, -0.1) is 0 Å². The highest BCUT2D eigenvalue weighted by Gasteiger charge is 2.51. The Morgan fingerprint density at radius 1 is 1.07 bits per heavy atom. The van der Waals surface area contributed by atoms with Gasteiger partial charge in [-0.25, -0.2) is 0 Å². The first kappa shape index (κ1) is 10.9. The van der Waals surface area contributed by atoms with Crippen LogP contribution in [0.15, 0.2) is 0 Å². The van der Waals surface area contributed by atoms with Crippen LogP contribution in [-0.2, 0) is 4.79 Å². The van der Waals surface area contributed by atoms with Crippen LogP contribution < -0.4 is 0 Å². The third-order valence-corrected chi connectivity index (χ3v) is 4.74. The lowest BCUT2D eigenvalue weighted by Crippen LogP contribution is -2.15. The van der Waals surface area contributed by atoms with Gasteiger partial charge in [-0.2, -0.15) is 0 Å². The van der Waals surface area contributed by atoms with Crippen LogP contribution in [0.2, 0.25) is 0 Å². The van der Waals surface area contributed by atoms with Gasteiger partial charge in [0.25, 0.3) is 6.47 Å². The Balaban J connectivity index is 0.000000258. The molecular weight excluding hydrogens is 192 g/mol. The number of hydrogen-bond acceptors (Lipinski definition) is 2. The van der Waals surface area contributed by atoms with Crippen molar-refractivity contribution in [3.8, 4) is 0 Å². The van der Waals surface area contributed by atoms with Crippen LogP contribution in [0.5, 0.6) is 0 Å². The van der Waals surface area contributed by atoms with Crippen LogP contribution >= 0.6 is 0 Å². The van der Waals surface area contributed by atoms with E-state index in [0.717, 1.165) is 23.7 Å². The lowest BCUT2D eigenvalue weighted by molar-refractivity contribution is -0.122.